The number of nitrogens with two attached hydrogens (primary N) is 1. The van der Waals surface area contributed by atoms with Gasteiger partial charge in [-0.15, -0.1) is 0 Å². The highest BCUT2D eigenvalue weighted by Gasteiger charge is 2.15. The Bertz CT molecular complexity index is 732. The Kier molecular flexibility index (Phi) is 2.72. The fraction of sp³-hybridized carbons (Fsp3) is 0.0667. The van der Waals surface area contributed by atoms with Crippen LogP contribution in [0.1, 0.15) is 5.56 Å². The number of fused-ring (bicyclic) bond motifs is 1. The van der Waals surface area contributed by atoms with Crippen LogP contribution in [-0.2, 0) is 6.61 Å². The Labute approximate surface area is 109 Å². The van der Waals surface area contributed by atoms with Crippen LogP contribution in [0.3, 0.4) is 0 Å². The molecule has 96 valence electrons. The van der Waals surface area contributed by atoms with Gasteiger partial charge in [-0.3, -0.25) is 0 Å². The minimum absolute atomic E-state index is 0.149. The molecule has 19 heavy (non-hydrogen) atoms. The van der Waals surface area contributed by atoms with Crippen molar-refractivity contribution < 1.29 is 13.9 Å². The summed E-state index contributed by atoms with van der Waals surface area (Å²) in [5, 5.41) is 10.3. The number of anilines is 1. The second kappa shape index (κ2) is 4.40. The van der Waals surface area contributed by atoms with Crippen molar-refractivity contribution in [1.82, 2.24) is 0 Å². The van der Waals surface area contributed by atoms with E-state index < -0.39 is 0 Å². The smallest absolute Gasteiger partial charge is 0.140 e. The monoisotopic (exact) mass is 257 g/mol. The molecule has 3 aromatic rings. The average molecular weight is 257 g/mol. The lowest BCUT2D eigenvalue weighted by Crippen LogP contribution is -1.86. The summed E-state index contributed by atoms with van der Waals surface area (Å²) in [7, 11) is 0. The maximum Gasteiger partial charge on any atom is 0.140 e. The molecule has 3 nitrogen and oxygen atoms in total. The molecule has 1 heterocycles. The minimum Gasteiger partial charge on any atom is -0.456 e. The Morgan fingerprint density at radius 1 is 1.11 bits per heavy atom. The normalized spacial score (nSPS) is 11.1. The summed E-state index contributed by atoms with van der Waals surface area (Å²) in [5.74, 6) is 0.234. The van der Waals surface area contributed by atoms with Gasteiger partial charge in [-0.1, -0.05) is 0 Å². The fourth-order valence-corrected chi connectivity index (χ4v) is 2.16. The van der Waals surface area contributed by atoms with Crippen LogP contribution in [-0.4, -0.2) is 5.11 Å². The molecule has 0 atom stereocenters. The van der Waals surface area contributed by atoms with Crippen molar-refractivity contribution in [3.8, 4) is 11.3 Å². The zero-order chi connectivity index (χ0) is 13.4. The molecular formula is C15H12FNO2. The van der Waals surface area contributed by atoms with Crippen molar-refractivity contribution in [3.63, 3.8) is 0 Å². The number of rotatable bonds is 2. The Hall–Kier alpha value is -2.33. The average Bonchev–Trinajstić information content (AvgIpc) is 2.77. The number of halogens is 1. The first-order valence-electron chi connectivity index (χ1n) is 5.87. The summed E-state index contributed by atoms with van der Waals surface area (Å²) in [6, 6.07) is 11.2. The molecule has 0 fully saturated rings. The van der Waals surface area contributed by atoms with Gasteiger partial charge < -0.3 is 15.3 Å². The fourth-order valence-electron chi connectivity index (χ4n) is 2.16. The Morgan fingerprint density at radius 3 is 2.53 bits per heavy atom. The molecular weight excluding hydrogens is 245 g/mol. The molecule has 0 saturated carbocycles. The molecule has 0 aliphatic heterocycles. The van der Waals surface area contributed by atoms with E-state index in [2.05, 4.69) is 0 Å². The van der Waals surface area contributed by atoms with Crippen molar-refractivity contribution in [2.75, 3.05) is 5.73 Å². The zero-order valence-corrected chi connectivity index (χ0v) is 10.1. The van der Waals surface area contributed by atoms with E-state index in [0.717, 1.165) is 10.9 Å². The number of benzene rings is 2. The van der Waals surface area contributed by atoms with Crippen LogP contribution in [0.25, 0.3) is 22.3 Å². The third-order valence-electron chi connectivity index (χ3n) is 3.08. The summed E-state index contributed by atoms with van der Waals surface area (Å²) >= 11 is 0. The first-order chi connectivity index (χ1) is 9.19. The molecule has 2 aromatic carbocycles. The molecule has 0 unspecified atom stereocenters. The van der Waals surface area contributed by atoms with Gasteiger partial charge in [-0.05, 0) is 36.4 Å². The van der Waals surface area contributed by atoms with Gasteiger partial charge in [0.2, 0.25) is 0 Å². The van der Waals surface area contributed by atoms with Crippen molar-refractivity contribution in [2.24, 2.45) is 0 Å². The number of aliphatic hydroxyl groups excluding tert-OH is 1. The molecule has 3 N–H and O–H groups in total. The molecule has 0 saturated heterocycles. The third-order valence-corrected chi connectivity index (χ3v) is 3.08. The number of nitrogen functional groups attached to an aromatic ring is 1. The quantitative estimate of drug-likeness (QED) is 0.692. The van der Waals surface area contributed by atoms with Crippen LogP contribution in [0, 0.1) is 5.82 Å². The molecule has 3 rings (SSSR count). The number of hydrogen-bond acceptors (Lipinski definition) is 3. The van der Waals surface area contributed by atoms with Gasteiger partial charge in [0.15, 0.2) is 0 Å². The van der Waals surface area contributed by atoms with Gasteiger partial charge in [0.1, 0.15) is 17.2 Å². The topological polar surface area (TPSA) is 59.4 Å². The Morgan fingerprint density at radius 2 is 1.84 bits per heavy atom. The second-order valence-electron chi connectivity index (χ2n) is 4.33. The third kappa shape index (κ3) is 1.96. The van der Waals surface area contributed by atoms with Gasteiger partial charge in [0.25, 0.3) is 0 Å². The lowest BCUT2D eigenvalue weighted by atomic mass is 10.1. The van der Waals surface area contributed by atoms with Crippen molar-refractivity contribution in [2.45, 2.75) is 6.61 Å². The Balaban J connectivity index is 2.25. The van der Waals surface area contributed by atoms with E-state index in [1.807, 2.05) is 6.07 Å². The van der Waals surface area contributed by atoms with E-state index in [4.69, 9.17) is 10.2 Å². The van der Waals surface area contributed by atoms with Crippen LogP contribution in [0.2, 0.25) is 0 Å². The SMILES string of the molecule is Nc1ccc2c(CO)c(-c3ccc(F)cc3)oc2c1. The van der Waals surface area contributed by atoms with E-state index in [-0.39, 0.29) is 12.4 Å². The lowest BCUT2D eigenvalue weighted by Gasteiger charge is -2.00. The molecule has 1 aromatic heterocycles. The number of furan rings is 1. The highest BCUT2D eigenvalue weighted by Crippen LogP contribution is 2.34. The minimum atomic E-state index is -0.311. The molecule has 0 spiro atoms. The second-order valence-corrected chi connectivity index (χ2v) is 4.33. The first-order valence-corrected chi connectivity index (χ1v) is 5.87. The van der Waals surface area contributed by atoms with Crippen molar-refractivity contribution >= 4 is 16.7 Å². The molecule has 0 aliphatic rings. The zero-order valence-electron chi connectivity index (χ0n) is 10.1. The van der Waals surface area contributed by atoms with Gasteiger partial charge in [0, 0.05) is 28.3 Å². The molecule has 0 amide bonds. The predicted molar refractivity (Wildman–Crippen MR) is 71.9 cm³/mol. The number of aliphatic hydroxyl groups is 1. The van der Waals surface area contributed by atoms with Crippen LogP contribution < -0.4 is 5.73 Å². The highest BCUT2D eigenvalue weighted by atomic mass is 19.1. The highest BCUT2D eigenvalue weighted by molar-refractivity contribution is 5.89. The predicted octanol–water partition coefficient (Wildman–Crippen LogP) is 3.31. The molecule has 0 bridgehead atoms. The van der Waals surface area contributed by atoms with Crippen LogP contribution in [0.15, 0.2) is 46.9 Å². The maximum absolute atomic E-state index is 12.9. The van der Waals surface area contributed by atoms with E-state index in [9.17, 15) is 9.50 Å². The van der Waals surface area contributed by atoms with Gasteiger partial charge in [0.05, 0.1) is 6.61 Å². The van der Waals surface area contributed by atoms with Crippen molar-refractivity contribution in [3.05, 3.63) is 53.8 Å². The van der Waals surface area contributed by atoms with E-state index in [0.29, 0.717) is 22.6 Å². The van der Waals surface area contributed by atoms with Gasteiger partial charge in [-0.25, -0.2) is 4.39 Å². The molecule has 0 radical (unpaired) electrons. The van der Waals surface area contributed by atoms with Gasteiger partial charge in [-0.2, -0.15) is 0 Å². The summed E-state index contributed by atoms with van der Waals surface area (Å²) in [6.07, 6.45) is 0. The molecule has 4 heteroatoms. The maximum atomic E-state index is 12.9. The van der Waals surface area contributed by atoms with E-state index >= 15 is 0 Å². The van der Waals surface area contributed by atoms with Crippen LogP contribution >= 0.6 is 0 Å². The summed E-state index contributed by atoms with van der Waals surface area (Å²) < 4.78 is 18.7. The summed E-state index contributed by atoms with van der Waals surface area (Å²) in [4.78, 5) is 0. The summed E-state index contributed by atoms with van der Waals surface area (Å²) in [5.41, 5.74) is 8.32. The first kappa shape index (κ1) is 11.7. The molecule has 0 aliphatic carbocycles. The largest absolute Gasteiger partial charge is 0.456 e. The number of hydrogen-bond donors (Lipinski definition) is 2. The van der Waals surface area contributed by atoms with Crippen LogP contribution in [0.5, 0.6) is 0 Å². The lowest BCUT2D eigenvalue weighted by molar-refractivity contribution is 0.282. The van der Waals surface area contributed by atoms with E-state index in [1.54, 1.807) is 24.3 Å². The summed E-state index contributed by atoms with van der Waals surface area (Å²) in [6.45, 7) is -0.149. The van der Waals surface area contributed by atoms with Crippen molar-refractivity contribution in [1.29, 1.82) is 0 Å². The van der Waals surface area contributed by atoms with E-state index in [1.165, 1.54) is 12.1 Å². The van der Waals surface area contributed by atoms with Gasteiger partial charge >= 0.3 is 0 Å². The van der Waals surface area contributed by atoms with Crippen LogP contribution in [0.4, 0.5) is 10.1 Å². The standard InChI is InChI=1S/C15H12FNO2/c16-10-3-1-9(2-4-10)15-13(8-18)12-6-5-11(17)7-14(12)19-15/h1-7,18H,8,17H2.